The molecule has 0 aliphatic rings. The number of amides is 2. The van der Waals surface area contributed by atoms with Crippen LogP contribution in [0.5, 0.6) is 0 Å². The summed E-state index contributed by atoms with van der Waals surface area (Å²) < 4.78 is 4.65. The van der Waals surface area contributed by atoms with Gasteiger partial charge >= 0.3 is 5.97 Å². The normalized spacial score (nSPS) is 15.3. The molecule has 0 heterocycles. The van der Waals surface area contributed by atoms with Crippen LogP contribution in [0, 0.1) is 5.92 Å². The molecule has 2 amide bonds. The number of aliphatic hydroxyl groups is 1. The van der Waals surface area contributed by atoms with E-state index in [1.54, 1.807) is 13.8 Å². The van der Waals surface area contributed by atoms with Gasteiger partial charge in [0.25, 0.3) is 0 Å². The highest BCUT2D eigenvalue weighted by Crippen LogP contribution is 2.04. The fraction of sp³-hybridized carbons (Fsp3) is 0.750. The molecule has 0 aliphatic carbocycles. The maximum absolute atomic E-state index is 11.9. The summed E-state index contributed by atoms with van der Waals surface area (Å²) in [6.45, 7) is 3.90. The zero-order chi connectivity index (χ0) is 15.9. The number of ether oxygens (including phenoxy) is 1. The molecule has 0 bridgehead atoms. The van der Waals surface area contributed by atoms with E-state index in [-0.39, 0.29) is 12.5 Å². The highest BCUT2D eigenvalue weighted by molar-refractivity contribution is 5.88. The number of hydrogen-bond acceptors (Lipinski definition) is 5. The minimum atomic E-state index is -2.06. The van der Waals surface area contributed by atoms with Crippen molar-refractivity contribution < 1.29 is 29.3 Å². The van der Waals surface area contributed by atoms with Crippen LogP contribution < -0.4 is 10.6 Å². The van der Waals surface area contributed by atoms with Crippen LogP contribution >= 0.6 is 0 Å². The van der Waals surface area contributed by atoms with E-state index in [4.69, 9.17) is 5.11 Å². The van der Waals surface area contributed by atoms with Gasteiger partial charge in [-0.05, 0) is 12.8 Å². The molecule has 0 fully saturated rings. The fourth-order valence-corrected chi connectivity index (χ4v) is 1.33. The third-order valence-electron chi connectivity index (χ3n) is 2.61. The fourth-order valence-electron chi connectivity index (χ4n) is 1.33. The minimum Gasteiger partial charge on any atom is -0.479 e. The Bertz CT molecular complexity index is 367. The van der Waals surface area contributed by atoms with Gasteiger partial charge in [0.1, 0.15) is 12.6 Å². The maximum atomic E-state index is 11.9. The second-order valence-electron chi connectivity index (χ2n) is 5.02. The van der Waals surface area contributed by atoms with Gasteiger partial charge in [0, 0.05) is 7.11 Å². The molecule has 0 aromatic rings. The van der Waals surface area contributed by atoms with Crippen molar-refractivity contribution in [2.75, 3.05) is 20.3 Å². The summed E-state index contributed by atoms with van der Waals surface area (Å²) in [5.41, 5.74) is -2.06. The number of methoxy groups -OCH3 is 1. The summed E-state index contributed by atoms with van der Waals surface area (Å²) in [5, 5.41) is 23.0. The average Bonchev–Trinajstić information content (AvgIpc) is 2.33. The van der Waals surface area contributed by atoms with Crippen LogP contribution in [-0.2, 0) is 19.1 Å². The molecule has 0 spiro atoms. The van der Waals surface area contributed by atoms with Crippen molar-refractivity contribution in [1.29, 1.82) is 0 Å². The van der Waals surface area contributed by atoms with Gasteiger partial charge in [-0.1, -0.05) is 13.8 Å². The van der Waals surface area contributed by atoms with E-state index in [0.717, 1.165) is 6.92 Å². The van der Waals surface area contributed by atoms with Gasteiger partial charge in [-0.25, -0.2) is 4.79 Å². The Hall–Kier alpha value is -1.67. The number of aliphatic carboxylic acids is 1. The number of carbonyl (C=O) groups is 3. The molecule has 8 heteroatoms. The monoisotopic (exact) mass is 290 g/mol. The molecule has 1 unspecified atom stereocenters. The highest BCUT2D eigenvalue weighted by Gasteiger charge is 2.32. The molecule has 0 aromatic carbocycles. The SMILES string of the molecule is COCC(=O)N[C@H](C(=O)NCC(C)(O)C(=O)O)C(C)C. The van der Waals surface area contributed by atoms with Gasteiger partial charge in [0.05, 0.1) is 6.54 Å². The third-order valence-corrected chi connectivity index (χ3v) is 2.61. The lowest BCUT2D eigenvalue weighted by molar-refractivity contribution is -0.156. The molecule has 4 N–H and O–H groups in total. The predicted octanol–water partition coefficient (Wildman–Crippen LogP) is -1.27. The minimum absolute atomic E-state index is 0.177. The molecule has 0 saturated heterocycles. The zero-order valence-corrected chi connectivity index (χ0v) is 12.1. The van der Waals surface area contributed by atoms with E-state index in [9.17, 15) is 19.5 Å². The van der Waals surface area contributed by atoms with E-state index in [1.165, 1.54) is 7.11 Å². The predicted molar refractivity (Wildman–Crippen MR) is 69.9 cm³/mol. The van der Waals surface area contributed by atoms with Gasteiger partial charge in [-0.2, -0.15) is 0 Å². The van der Waals surface area contributed by atoms with Crippen LogP contribution in [-0.4, -0.2) is 59.9 Å². The molecule has 20 heavy (non-hydrogen) atoms. The van der Waals surface area contributed by atoms with Gasteiger partial charge in [0.2, 0.25) is 11.8 Å². The Kier molecular flexibility index (Phi) is 7.16. The van der Waals surface area contributed by atoms with E-state index < -0.39 is 36.0 Å². The molecule has 0 aromatic heterocycles. The van der Waals surface area contributed by atoms with Gasteiger partial charge in [0.15, 0.2) is 5.60 Å². The second kappa shape index (κ2) is 7.81. The van der Waals surface area contributed by atoms with Crippen LogP contribution in [0.1, 0.15) is 20.8 Å². The van der Waals surface area contributed by atoms with Crippen molar-refractivity contribution in [3.8, 4) is 0 Å². The Morgan fingerprint density at radius 1 is 1.30 bits per heavy atom. The molecule has 0 aliphatic heterocycles. The van der Waals surface area contributed by atoms with Crippen LogP contribution in [0.3, 0.4) is 0 Å². The first-order valence-corrected chi connectivity index (χ1v) is 6.13. The second-order valence-corrected chi connectivity index (χ2v) is 5.02. The first-order valence-electron chi connectivity index (χ1n) is 6.13. The Morgan fingerprint density at radius 2 is 1.85 bits per heavy atom. The molecular weight excluding hydrogens is 268 g/mol. The topological polar surface area (TPSA) is 125 Å². The number of carboxylic acid groups (broad SMARTS) is 1. The first kappa shape index (κ1) is 18.3. The maximum Gasteiger partial charge on any atom is 0.337 e. The van der Waals surface area contributed by atoms with Crippen molar-refractivity contribution in [3.63, 3.8) is 0 Å². The van der Waals surface area contributed by atoms with Crippen molar-refractivity contribution in [3.05, 3.63) is 0 Å². The summed E-state index contributed by atoms with van der Waals surface area (Å²) in [6.07, 6.45) is 0. The van der Waals surface area contributed by atoms with E-state index in [1.807, 2.05) is 0 Å². The Morgan fingerprint density at radius 3 is 2.25 bits per heavy atom. The smallest absolute Gasteiger partial charge is 0.337 e. The van der Waals surface area contributed by atoms with Crippen molar-refractivity contribution in [2.24, 2.45) is 5.92 Å². The molecule has 2 atom stereocenters. The van der Waals surface area contributed by atoms with Gasteiger partial charge < -0.3 is 25.6 Å². The van der Waals surface area contributed by atoms with Gasteiger partial charge in [-0.3, -0.25) is 9.59 Å². The Balaban J connectivity index is 4.59. The van der Waals surface area contributed by atoms with Crippen molar-refractivity contribution in [2.45, 2.75) is 32.4 Å². The summed E-state index contributed by atoms with van der Waals surface area (Å²) in [7, 11) is 1.36. The molecule has 0 radical (unpaired) electrons. The summed E-state index contributed by atoms with van der Waals surface area (Å²) in [4.78, 5) is 34.0. The standard InChI is InChI=1S/C12H22N2O6/c1-7(2)9(14-8(15)5-20-4)10(16)13-6-12(3,19)11(17)18/h7,9,19H,5-6H2,1-4H3,(H,13,16)(H,14,15)(H,17,18)/t9-,12?/m0/s1. The molecule has 8 nitrogen and oxygen atoms in total. The highest BCUT2D eigenvalue weighted by atomic mass is 16.5. The van der Waals surface area contributed by atoms with Crippen LogP contribution in [0.15, 0.2) is 0 Å². The molecule has 116 valence electrons. The summed E-state index contributed by atoms with van der Waals surface area (Å²) in [5.74, 6) is -2.66. The lowest BCUT2D eigenvalue weighted by Gasteiger charge is -2.24. The van der Waals surface area contributed by atoms with Crippen LogP contribution in [0.25, 0.3) is 0 Å². The van der Waals surface area contributed by atoms with Crippen LogP contribution in [0.2, 0.25) is 0 Å². The molecule has 0 rings (SSSR count). The number of carboxylic acids is 1. The van der Waals surface area contributed by atoms with E-state index >= 15 is 0 Å². The quantitative estimate of drug-likeness (QED) is 0.441. The first-order chi connectivity index (χ1) is 9.11. The summed E-state index contributed by atoms with van der Waals surface area (Å²) in [6, 6.07) is -0.831. The summed E-state index contributed by atoms with van der Waals surface area (Å²) >= 11 is 0. The van der Waals surface area contributed by atoms with Crippen molar-refractivity contribution >= 4 is 17.8 Å². The van der Waals surface area contributed by atoms with Crippen LogP contribution in [0.4, 0.5) is 0 Å². The Labute approximate surface area is 117 Å². The van der Waals surface area contributed by atoms with E-state index in [0.29, 0.717) is 0 Å². The molecular formula is C12H22N2O6. The average molecular weight is 290 g/mol. The zero-order valence-electron chi connectivity index (χ0n) is 12.1. The van der Waals surface area contributed by atoms with Gasteiger partial charge in [-0.15, -0.1) is 0 Å². The lowest BCUT2D eigenvalue weighted by atomic mass is 10.0. The van der Waals surface area contributed by atoms with Crippen molar-refractivity contribution in [1.82, 2.24) is 10.6 Å². The number of hydrogen-bond donors (Lipinski definition) is 4. The third kappa shape index (κ3) is 5.98. The largest absolute Gasteiger partial charge is 0.479 e. The number of rotatable bonds is 8. The van der Waals surface area contributed by atoms with E-state index in [2.05, 4.69) is 15.4 Å². The number of nitrogens with one attached hydrogen (secondary N) is 2. The lowest BCUT2D eigenvalue weighted by Crippen LogP contribution is -2.54. The molecule has 0 saturated carbocycles. The number of carbonyl (C=O) groups excluding carboxylic acids is 2.